The van der Waals surface area contributed by atoms with E-state index in [2.05, 4.69) is 24.4 Å². The molecule has 10 nitrogen and oxygen atoms in total. The average molecular weight is 396 g/mol. The molecule has 1 atom stereocenters. The van der Waals surface area contributed by atoms with Gasteiger partial charge in [-0.05, 0) is 6.42 Å². The van der Waals surface area contributed by atoms with Crippen molar-refractivity contribution in [2.75, 3.05) is 44.4 Å². The fraction of sp³-hybridized carbons (Fsp3) is 0.526. The van der Waals surface area contributed by atoms with Crippen molar-refractivity contribution >= 4 is 17.0 Å². The van der Waals surface area contributed by atoms with E-state index in [4.69, 9.17) is 25.2 Å². The molecule has 2 aliphatic heterocycles. The topological polar surface area (TPSA) is 117 Å². The molecule has 0 radical (unpaired) electrons. The van der Waals surface area contributed by atoms with Crippen molar-refractivity contribution in [2.24, 2.45) is 11.7 Å². The van der Waals surface area contributed by atoms with Crippen LogP contribution in [0.4, 0.5) is 5.82 Å². The van der Waals surface area contributed by atoms with Crippen LogP contribution in [0.5, 0.6) is 0 Å². The summed E-state index contributed by atoms with van der Waals surface area (Å²) in [6.07, 6.45) is 6.37. The van der Waals surface area contributed by atoms with Crippen molar-refractivity contribution in [1.29, 1.82) is 0 Å². The summed E-state index contributed by atoms with van der Waals surface area (Å²) in [5.74, 6) is 2.49. The molecule has 0 amide bonds. The summed E-state index contributed by atoms with van der Waals surface area (Å²) in [5, 5.41) is 0. The van der Waals surface area contributed by atoms with E-state index in [1.54, 1.807) is 12.4 Å². The summed E-state index contributed by atoms with van der Waals surface area (Å²) in [6, 6.07) is 0. The number of rotatable bonds is 5. The Balaban J connectivity index is 1.59. The highest BCUT2D eigenvalue weighted by molar-refractivity contribution is 5.85. The third kappa shape index (κ3) is 3.66. The van der Waals surface area contributed by atoms with Crippen molar-refractivity contribution in [2.45, 2.75) is 19.5 Å². The minimum atomic E-state index is 0.301. The highest BCUT2D eigenvalue weighted by Gasteiger charge is 2.23. The van der Waals surface area contributed by atoms with Crippen LogP contribution >= 0.6 is 0 Å². The number of hydrogen-bond donors (Lipinski definition) is 1. The highest BCUT2D eigenvalue weighted by Crippen LogP contribution is 2.28. The summed E-state index contributed by atoms with van der Waals surface area (Å²) in [6.45, 7) is 5.64. The van der Waals surface area contributed by atoms with E-state index >= 15 is 0 Å². The van der Waals surface area contributed by atoms with Gasteiger partial charge >= 0.3 is 0 Å². The average Bonchev–Trinajstić information content (AvgIpc) is 3.44. The fourth-order valence-electron chi connectivity index (χ4n) is 3.77. The van der Waals surface area contributed by atoms with Gasteiger partial charge in [0.25, 0.3) is 0 Å². The summed E-state index contributed by atoms with van der Waals surface area (Å²) >= 11 is 0. The predicted molar refractivity (Wildman–Crippen MR) is 106 cm³/mol. The molecule has 152 valence electrons. The van der Waals surface area contributed by atoms with Crippen LogP contribution in [0.15, 0.2) is 18.7 Å². The van der Waals surface area contributed by atoms with Gasteiger partial charge in [0, 0.05) is 44.6 Å². The minimum absolute atomic E-state index is 0.301. The van der Waals surface area contributed by atoms with Gasteiger partial charge in [0.15, 0.2) is 22.8 Å². The second-order valence-electron chi connectivity index (χ2n) is 7.36. The quantitative estimate of drug-likeness (QED) is 0.662. The number of fused-ring (bicyclic) bond motifs is 1. The molecule has 2 N–H and O–H groups in total. The van der Waals surface area contributed by atoms with Gasteiger partial charge in [-0.1, -0.05) is 0 Å². The number of nitrogens with two attached hydrogens (primary N) is 1. The van der Waals surface area contributed by atoms with Crippen LogP contribution in [0.3, 0.4) is 0 Å². The van der Waals surface area contributed by atoms with Crippen LogP contribution in [0.1, 0.15) is 12.2 Å². The molecular formula is C19H24N8O2. The molecule has 29 heavy (non-hydrogen) atoms. The number of imidazole rings is 1. The SMILES string of the molecule is NCc1ncc(-c2nc(N3CCOCC3)c3ncn(CC4CCOC4)c3n2)cn1. The second kappa shape index (κ2) is 7.97. The zero-order valence-electron chi connectivity index (χ0n) is 16.2. The summed E-state index contributed by atoms with van der Waals surface area (Å²) in [4.78, 5) is 25.2. The van der Waals surface area contributed by atoms with Gasteiger partial charge in [-0.3, -0.25) is 0 Å². The molecular weight excluding hydrogens is 372 g/mol. The van der Waals surface area contributed by atoms with Crippen molar-refractivity contribution < 1.29 is 9.47 Å². The smallest absolute Gasteiger partial charge is 0.167 e. The molecule has 2 saturated heterocycles. The molecule has 2 fully saturated rings. The summed E-state index contributed by atoms with van der Waals surface area (Å²) < 4.78 is 13.2. The molecule has 0 bridgehead atoms. The van der Waals surface area contributed by atoms with E-state index in [-0.39, 0.29) is 0 Å². The lowest BCUT2D eigenvalue weighted by molar-refractivity contribution is 0.122. The molecule has 1 unspecified atom stereocenters. The maximum Gasteiger partial charge on any atom is 0.167 e. The zero-order valence-corrected chi connectivity index (χ0v) is 16.2. The third-order valence-corrected chi connectivity index (χ3v) is 5.38. The number of morpholine rings is 1. The summed E-state index contributed by atoms with van der Waals surface area (Å²) in [7, 11) is 0. The number of aromatic nitrogens is 6. The van der Waals surface area contributed by atoms with Crippen LogP contribution in [-0.2, 0) is 22.6 Å². The standard InChI is InChI=1S/C19H24N8O2/c20-7-15-21-8-14(9-22-15)17-24-18(26-2-5-28-6-3-26)16-19(25-17)27(12-23-16)10-13-1-4-29-11-13/h8-9,12-13H,1-7,10-11,20H2. The van der Waals surface area contributed by atoms with E-state index in [0.29, 0.717) is 37.3 Å². The van der Waals surface area contributed by atoms with E-state index in [1.165, 1.54) is 0 Å². The summed E-state index contributed by atoms with van der Waals surface area (Å²) in [5.41, 5.74) is 8.02. The minimum Gasteiger partial charge on any atom is -0.381 e. The predicted octanol–water partition coefficient (Wildman–Crippen LogP) is 0.615. The molecule has 3 aromatic rings. The Labute approximate surface area is 168 Å². The first kappa shape index (κ1) is 18.3. The Morgan fingerprint density at radius 1 is 1.03 bits per heavy atom. The monoisotopic (exact) mass is 396 g/mol. The molecule has 5 heterocycles. The van der Waals surface area contributed by atoms with Gasteiger partial charge in [-0.25, -0.2) is 24.9 Å². The highest BCUT2D eigenvalue weighted by atomic mass is 16.5. The first-order chi connectivity index (χ1) is 14.3. The maximum absolute atomic E-state index is 5.62. The van der Waals surface area contributed by atoms with Gasteiger partial charge in [0.2, 0.25) is 0 Å². The number of ether oxygens (including phenoxy) is 2. The van der Waals surface area contributed by atoms with Crippen LogP contribution in [0.25, 0.3) is 22.6 Å². The molecule has 10 heteroatoms. The molecule has 2 aliphatic rings. The Hall–Kier alpha value is -2.69. The molecule has 0 saturated carbocycles. The normalized spacial score (nSPS) is 19.9. The van der Waals surface area contributed by atoms with Gasteiger partial charge in [0.05, 0.1) is 38.3 Å². The first-order valence-corrected chi connectivity index (χ1v) is 9.96. The molecule has 3 aromatic heterocycles. The van der Waals surface area contributed by atoms with E-state index in [0.717, 1.165) is 61.8 Å². The molecule has 0 aliphatic carbocycles. The largest absolute Gasteiger partial charge is 0.381 e. The Morgan fingerprint density at radius 3 is 2.59 bits per heavy atom. The van der Waals surface area contributed by atoms with Crippen LogP contribution in [0.2, 0.25) is 0 Å². The Bertz CT molecular complexity index is 978. The lowest BCUT2D eigenvalue weighted by Gasteiger charge is -2.28. The third-order valence-electron chi connectivity index (χ3n) is 5.38. The van der Waals surface area contributed by atoms with Crippen LogP contribution in [-0.4, -0.2) is 69.0 Å². The van der Waals surface area contributed by atoms with E-state index < -0.39 is 0 Å². The van der Waals surface area contributed by atoms with Crippen LogP contribution in [0, 0.1) is 5.92 Å². The van der Waals surface area contributed by atoms with Gasteiger partial charge < -0.3 is 24.7 Å². The Morgan fingerprint density at radius 2 is 1.86 bits per heavy atom. The fourth-order valence-corrected chi connectivity index (χ4v) is 3.77. The molecule has 0 aromatic carbocycles. The van der Waals surface area contributed by atoms with Crippen LogP contribution < -0.4 is 10.6 Å². The Kier molecular flexibility index (Phi) is 5.04. The van der Waals surface area contributed by atoms with Gasteiger partial charge in [-0.15, -0.1) is 0 Å². The second-order valence-corrected chi connectivity index (χ2v) is 7.36. The van der Waals surface area contributed by atoms with Crippen molar-refractivity contribution in [3.8, 4) is 11.4 Å². The number of anilines is 1. The number of nitrogens with zero attached hydrogens (tertiary/aromatic N) is 7. The van der Waals surface area contributed by atoms with Gasteiger partial charge in [-0.2, -0.15) is 0 Å². The maximum atomic E-state index is 5.62. The lowest BCUT2D eigenvalue weighted by Crippen LogP contribution is -2.37. The zero-order chi connectivity index (χ0) is 19.6. The lowest BCUT2D eigenvalue weighted by atomic mass is 10.1. The molecule has 5 rings (SSSR count). The van der Waals surface area contributed by atoms with Crippen molar-refractivity contribution in [3.05, 3.63) is 24.5 Å². The number of hydrogen-bond acceptors (Lipinski definition) is 9. The van der Waals surface area contributed by atoms with E-state index in [1.807, 2.05) is 6.33 Å². The van der Waals surface area contributed by atoms with Gasteiger partial charge in [0.1, 0.15) is 5.82 Å². The van der Waals surface area contributed by atoms with Crippen molar-refractivity contribution in [3.63, 3.8) is 0 Å². The first-order valence-electron chi connectivity index (χ1n) is 9.96. The molecule has 0 spiro atoms. The van der Waals surface area contributed by atoms with E-state index in [9.17, 15) is 0 Å². The van der Waals surface area contributed by atoms with Crippen molar-refractivity contribution in [1.82, 2.24) is 29.5 Å².